The van der Waals surface area contributed by atoms with Crippen LogP contribution in [0.2, 0.25) is 0 Å². The molecule has 0 unspecified atom stereocenters. The van der Waals surface area contributed by atoms with E-state index in [-0.39, 0.29) is 11.5 Å². The quantitative estimate of drug-likeness (QED) is 0.691. The van der Waals surface area contributed by atoms with Gasteiger partial charge in [0.1, 0.15) is 0 Å². The number of nitrogens with zero attached hydrogens (tertiary/aromatic N) is 1. The van der Waals surface area contributed by atoms with Gasteiger partial charge in [-0.15, -0.1) is 0 Å². The van der Waals surface area contributed by atoms with Gasteiger partial charge in [0.2, 0.25) is 0 Å². The molecule has 0 aliphatic heterocycles. The zero-order valence-corrected chi connectivity index (χ0v) is 9.10. The highest BCUT2D eigenvalue weighted by atomic mass is 16.5. The van der Waals surface area contributed by atoms with Crippen LogP contribution in [0.3, 0.4) is 0 Å². The normalized spacial score (nSPS) is 11.9. The van der Waals surface area contributed by atoms with Crippen LogP contribution in [0.4, 0.5) is 0 Å². The van der Waals surface area contributed by atoms with Gasteiger partial charge in [0.05, 0.1) is 18.7 Å². The average Bonchev–Trinajstić information content (AvgIpc) is 2.29. The first-order valence-corrected chi connectivity index (χ1v) is 4.90. The van der Waals surface area contributed by atoms with Gasteiger partial charge < -0.3 is 21.3 Å². The van der Waals surface area contributed by atoms with Crippen molar-refractivity contribution in [3.63, 3.8) is 0 Å². The minimum atomic E-state index is -0.396. The summed E-state index contributed by atoms with van der Waals surface area (Å²) in [7, 11) is 1.43. The maximum atomic E-state index is 9.85. The minimum absolute atomic E-state index is 0.0255. The van der Waals surface area contributed by atoms with E-state index in [2.05, 4.69) is 0 Å². The first-order valence-electron chi connectivity index (χ1n) is 4.90. The fraction of sp³-hybridized carbons (Fsp3) is 0.364. The number of methoxy groups -OCH3 is 1. The summed E-state index contributed by atoms with van der Waals surface area (Å²) in [6.45, 7) is 0.416. The molecule has 16 heavy (non-hydrogen) atoms. The maximum absolute atomic E-state index is 9.85. The van der Waals surface area contributed by atoms with E-state index in [1.165, 1.54) is 13.2 Å². The Morgan fingerprint density at radius 1 is 1.56 bits per heavy atom. The molecular formula is C11H15N3O2. The molecule has 0 aliphatic rings. The molecule has 1 rings (SSSR count). The highest BCUT2D eigenvalue weighted by Crippen LogP contribution is 2.35. The van der Waals surface area contributed by atoms with Crippen LogP contribution in [0.25, 0.3) is 0 Å². The molecule has 0 heterocycles. The molecule has 5 nitrogen and oxygen atoms in total. The maximum Gasteiger partial charge on any atom is 0.162 e. The summed E-state index contributed by atoms with van der Waals surface area (Å²) in [6.07, 6.45) is 0.533. The lowest BCUT2D eigenvalue weighted by molar-refractivity contribution is 0.368. The molecule has 0 bridgehead atoms. The average molecular weight is 221 g/mol. The lowest BCUT2D eigenvalue weighted by Crippen LogP contribution is -2.15. The Hall–Kier alpha value is -1.77. The number of nitriles is 1. The smallest absolute Gasteiger partial charge is 0.162 e. The van der Waals surface area contributed by atoms with Crippen molar-refractivity contribution in [2.45, 2.75) is 12.5 Å². The molecule has 0 radical (unpaired) electrons. The van der Waals surface area contributed by atoms with E-state index in [4.69, 9.17) is 21.5 Å². The Kier molecular flexibility index (Phi) is 4.11. The standard InChI is InChI=1S/C11H15N3O2/c1-16-10-5-7(6-13)4-8(11(10)15)9(14)2-3-12/h4-5,9,15H,2-3,12,14H2,1H3/t9-/m1/s1. The highest BCUT2D eigenvalue weighted by Gasteiger charge is 2.15. The number of benzene rings is 1. The van der Waals surface area contributed by atoms with Crippen LogP contribution in [0.1, 0.15) is 23.6 Å². The van der Waals surface area contributed by atoms with E-state index < -0.39 is 6.04 Å². The largest absolute Gasteiger partial charge is 0.504 e. The molecule has 0 aromatic heterocycles. The molecule has 1 aromatic rings. The van der Waals surface area contributed by atoms with Crippen LogP contribution in [0, 0.1) is 11.3 Å². The summed E-state index contributed by atoms with van der Waals surface area (Å²) in [5.74, 6) is 0.226. The SMILES string of the molecule is COc1cc(C#N)cc([C@H](N)CCN)c1O. The second kappa shape index (κ2) is 5.35. The Bertz CT molecular complexity index is 412. The van der Waals surface area contributed by atoms with E-state index in [1.54, 1.807) is 6.07 Å². The lowest BCUT2D eigenvalue weighted by atomic mass is 10.0. The molecule has 1 aromatic carbocycles. The fourth-order valence-corrected chi connectivity index (χ4v) is 1.47. The Balaban J connectivity index is 3.21. The number of aromatic hydroxyl groups is 1. The number of hydrogen-bond donors (Lipinski definition) is 3. The van der Waals surface area contributed by atoms with Crippen molar-refractivity contribution < 1.29 is 9.84 Å². The predicted molar refractivity (Wildman–Crippen MR) is 60.0 cm³/mol. The van der Waals surface area contributed by atoms with E-state index in [0.29, 0.717) is 24.1 Å². The number of phenolic OH excluding ortho intramolecular Hbond substituents is 1. The van der Waals surface area contributed by atoms with E-state index in [0.717, 1.165) is 0 Å². The molecule has 5 heteroatoms. The Morgan fingerprint density at radius 2 is 2.25 bits per heavy atom. The van der Waals surface area contributed by atoms with E-state index >= 15 is 0 Å². The van der Waals surface area contributed by atoms with E-state index in [1.807, 2.05) is 6.07 Å². The third kappa shape index (κ3) is 2.42. The van der Waals surface area contributed by atoms with Gasteiger partial charge in [-0.2, -0.15) is 5.26 Å². The summed E-state index contributed by atoms with van der Waals surface area (Å²) < 4.78 is 4.97. The van der Waals surface area contributed by atoms with Crippen LogP contribution in [0.5, 0.6) is 11.5 Å². The monoisotopic (exact) mass is 221 g/mol. The second-order valence-electron chi connectivity index (χ2n) is 3.41. The molecule has 0 saturated carbocycles. The van der Waals surface area contributed by atoms with Gasteiger partial charge in [0, 0.05) is 17.7 Å². The highest BCUT2D eigenvalue weighted by molar-refractivity contribution is 5.52. The van der Waals surface area contributed by atoms with Gasteiger partial charge in [-0.1, -0.05) is 0 Å². The van der Waals surface area contributed by atoms with Gasteiger partial charge >= 0.3 is 0 Å². The summed E-state index contributed by atoms with van der Waals surface area (Å²) in [4.78, 5) is 0. The van der Waals surface area contributed by atoms with Crippen molar-refractivity contribution >= 4 is 0 Å². The Labute approximate surface area is 94.2 Å². The summed E-state index contributed by atoms with van der Waals surface area (Å²) >= 11 is 0. The minimum Gasteiger partial charge on any atom is -0.504 e. The van der Waals surface area contributed by atoms with Crippen molar-refractivity contribution in [3.8, 4) is 17.6 Å². The molecular weight excluding hydrogens is 206 g/mol. The van der Waals surface area contributed by atoms with Crippen LogP contribution in [0.15, 0.2) is 12.1 Å². The van der Waals surface area contributed by atoms with Crippen molar-refractivity contribution in [2.24, 2.45) is 11.5 Å². The van der Waals surface area contributed by atoms with Gasteiger partial charge in [-0.3, -0.25) is 0 Å². The summed E-state index contributed by atoms with van der Waals surface area (Å²) in [5, 5.41) is 18.7. The Morgan fingerprint density at radius 3 is 2.75 bits per heavy atom. The van der Waals surface area contributed by atoms with Gasteiger partial charge in [-0.25, -0.2) is 0 Å². The molecule has 1 atom stereocenters. The topological polar surface area (TPSA) is 105 Å². The van der Waals surface area contributed by atoms with Crippen molar-refractivity contribution in [1.82, 2.24) is 0 Å². The summed E-state index contributed by atoms with van der Waals surface area (Å²) in [5.41, 5.74) is 12.1. The van der Waals surface area contributed by atoms with E-state index in [9.17, 15) is 5.11 Å². The zero-order valence-electron chi connectivity index (χ0n) is 9.10. The third-order valence-corrected chi connectivity index (χ3v) is 2.33. The van der Waals surface area contributed by atoms with Gasteiger partial charge in [-0.05, 0) is 19.0 Å². The molecule has 0 aliphatic carbocycles. The first kappa shape index (κ1) is 12.3. The first-order chi connectivity index (χ1) is 7.63. The number of rotatable bonds is 4. The molecule has 0 spiro atoms. The van der Waals surface area contributed by atoms with Crippen LogP contribution >= 0.6 is 0 Å². The molecule has 0 saturated heterocycles. The predicted octanol–water partition coefficient (Wildman–Crippen LogP) is 0.621. The number of ether oxygens (including phenoxy) is 1. The number of phenols is 1. The van der Waals surface area contributed by atoms with Crippen LogP contribution in [-0.2, 0) is 0 Å². The van der Waals surface area contributed by atoms with Crippen molar-refractivity contribution in [3.05, 3.63) is 23.3 Å². The molecule has 86 valence electrons. The van der Waals surface area contributed by atoms with Crippen LogP contribution in [-0.4, -0.2) is 18.8 Å². The lowest BCUT2D eigenvalue weighted by Gasteiger charge is -2.15. The van der Waals surface area contributed by atoms with Crippen LogP contribution < -0.4 is 16.2 Å². The second-order valence-corrected chi connectivity index (χ2v) is 3.41. The third-order valence-electron chi connectivity index (χ3n) is 2.33. The van der Waals surface area contributed by atoms with Gasteiger partial charge in [0.25, 0.3) is 0 Å². The molecule has 0 fully saturated rings. The summed E-state index contributed by atoms with van der Waals surface area (Å²) in [6, 6.07) is 4.61. The van der Waals surface area contributed by atoms with Crippen molar-refractivity contribution in [1.29, 1.82) is 5.26 Å². The molecule has 0 amide bonds. The number of nitrogens with two attached hydrogens (primary N) is 2. The number of hydrogen-bond acceptors (Lipinski definition) is 5. The molecule has 5 N–H and O–H groups in total. The fourth-order valence-electron chi connectivity index (χ4n) is 1.47. The zero-order chi connectivity index (χ0) is 12.1. The van der Waals surface area contributed by atoms with Crippen molar-refractivity contribution in [2.75, 3.05) is 13.7 Å². The van der Waals surface area contributed by atoms with Gasteiger partial charge in [0.15, 0.2) is 11.5 Å².